The SMILES string of the molecule is O=C(O)c1cccc2ncn(Cc3ccc(F)c(Cl)c3)c12. The van der Waals surface area contributed by atoms with Gasteiger partial charge in [-0.2, -0.15) is 0 Å². The van der Waals surface area contributed by atoms with Crippen molar-refractivity contribution < 1.29 is 14.3 Å². The van der Waals surface area contributed by atoms with E-state index < -0.39 is 11.8 Å². The van der Waals surface area contributed by atoms with E-state index in [1.807, 2.05) is 0 Å². The van der Waals surface area contributed by atoms with Crippen LogP contribution in [0, 0.1) is 5.82 Å². The molecular weight excluding hydrogens is 295 g/mol. The van der Waals surface area contributed by atoms with E-state index in [2.05, 4.69) is 4.98 Å². The third-order valence-corrected chi connectivity index (χ3v) is 3.50. The lowest BCUT2D eigenvalue weighted by Crippen LogP contribution is -2.04. The van der Waals surface area contributed by atoms with Crippen molar-refractivity contribution in [3.63, 3.8) is 0 Å². The van der Waals surface area contributed by atoms with Crippen molar-refractivity contribution in [2.24, 2.45) is 0 Å². The Morgan fingerprint density at radius 3 is 2.86 bits per heavy atom. The Labute approximate surface area is 124 Å². The van der Waals surface area contributed by atoms with Crippen molar-refractivity contribution in [2.75, 3.05) is 0 Å². The predicted molar refractivity (Wildman–Crippen MR) is 77.2 cm³/mol. The number of halogens is 2. The van der Waals surface area contributed by atoms with Crippen LogP contribution in [-0.2, 0) is 6.54 Å². The van der Waals surface area contributed by atoms with Crippen LogP contribution in [0.15, 0.2) is 42.7 Å². The van der Waals surface area contributed by atoms with Crippen LogP contribution >= 0.6 is 11.6 Å². The largest absolute Gasteiger partial charge is 0.478 e. The molecule has 0 bridgehead atoms. The average molecular weight is 305 g/mol. The quantitative estimate of drug-likeness (QED) is 0.804. The smallest absolute Gasteiger partial charge is 0.337 e. The van der Waals surface area contributed by atoms with Gasteiger partial charge in [-0.05, 0) is 29.8 Å². The minimum Gasteiger partial charge on any atom is -0.478 e. The molecule has 6 heteroatoms. The van der Waals surface area contributed by atoms with Gasteiger partial charge in [0.05, 0.1) is 27.9 Å². The summed E-state index contributed by atoms with van der Waals surface area (Å²) in [6, 6.07) is 9.34. The summed E-state index contributed by atoms with van der Waals surface area (Å²) in [6.45, 7) is 0.362. The second-order valence-corrected chi connectivity index (χ2v) is 5.01. The minimum atomic E-state index is -1.01. The molecule has 0 aliphatic carbocycles. The molecule has 0 radical (unpaired) electrons. The third kappa shape index (κ3) is 2.48. The highest BCUT2D eigenvalue weighted by atomic mass is 35.5. The lowest BCUT2D eigenvalue weighted by Gasteiger charge is -2.07. The van der Waals surface area contributed by atoms with E-state index in [1.165, 1.54) is 18.2 Å². The van der Waals surface area contributed by atoms with E-state index in [0.717, 1.165) is 5.56 Å². The second kappa shape index (κ2) is 5.18. The second-order valence-electron chi connectivity index (χ2n) is 4.60. The molecule has 0 saturated heterocycles. The number of hydrogen-bond donors (Lipinski definition) is 1. The van der Waals surface area contributed by atoms with Gasteiger partial charge in [0, 0.05) is 6.54 Å². The van der Waals surface area contributed by atoms with E-state index in [9.17, 15) is 14.3 Å². The van der Waals surface area contributed by atoms with Crippen LogP contribution in [0.5, 0.6) is 0 Å². The highest BCUT2D eigenvalue weighted by Crippen LogP contribution is 2.21. The number of carboxylic acid groups (broad SMARTS) is 1. The number of para-hydroxylation sites is 1. The number of nitrogens with zero attached hydrogens (tertiary/aromatic N) is 2. The van der Waals surface area contributed by atoms with Crippen LogP contribution in [0.25, 0.3) is 11.0 Å². The lowest BCUT2D eigenvalue weighted by atomic mass is 10.1. The van der Waals surface area contributed by atoms with Gasteiger partial charge in [-0.15, -0.1) is 0 Å². The molecule has 21 heavy (non-hydrogen) atoms. The van der Waals surface area contributed by atoms with E-state index in [1.54, 1.807) is 29.1 Å². The molecule has 0 aliphatic heterocycles. The first-order chi connectivity index (χ1) is 10.1. The number of aromatic nitrogens is 2. The van der Waals surface area contributed by atoms with E-state index >= 15 is 0 Å². The monoisotopic (exact) mass is 304 g/mol. The molecule has 2 aromatic carbocycles. The van der Waals surface area contributed by atoms with Crippen LogP contribution in [0.3, 0.4) is 0 Å². The predicted octanol–water partition coefficient (Wildman–Crippen LogP) is 3.58. The highest BCUT2D eigenvalue weighted by molar-refractivity contribution is 6.30. The van der Waals surface area contributed by atoms with Crippen LogP contribution in [0.2, 0.25) is 5.02 Å². The first-order valence-corrected chi connectivity index (χ1v) is 6.55. The molecule has 106 valence electrons. The van der Waals surface area contributed by atoms with Crippen molar-refractivity contribution >= 4 is 28.6 Å². The van der Waals surface area contributed by atoms with Gasteiger partial charge >= 0.3 is 5.97 Å². The average Bonchev–Trinajstić information content (AvgIpc) is 2.86. The van der Waals surface area contributed by atoms with Gasteiger partial charge in [-0.25, -0.2) is 14.2 Å². The Kier molecular flexibility index (Phi) is 3.35. The van der Waals surface area contributed by atoms with E-state index in [-0.39, 0.29) is 10.6 Å². The van der Waals surface area contributed by atoms with E-state index in [4.69, 9.17) is 11.6 Å². The first kappa shape index (κ1) is 13.6. The molecule has 0 fully saturated rings. The van der Waals surface area contributed by atoms with Crippen LogP contribution in [0.4, 0.5) is 4.39 Å². The van der Waals surface area contributed by atoms with Gasteiger partial charge in [-0.1, -0.05) is 23.7 Å². The number of benzene rings is 2. The highest BCUT2D eigenvalue weighted by Gasteiger charge is 2.13. The summed E-state index contributed by atoms with van der Waals surface area (Å²) in [6.07, 6.45) is 1.56. The Morgan fingerprint density at radius 1 is 1.33 bits per heavy atom. The number of carboxylic acids is 1. The zero-order valence-corrected chi connectivity index (χ0v) is 11.5. The maximum Gasteiger partial charge on any atom is 0.337 e. The molecule has 1 N–H and O–H groups in total. The van der Waals surface area contributed by atoms with Crippen LogP contribution < -0.4 is 0 Å². The Hall–Kier alpha value is -2.40. The fraction of sp³-hybridized carbons (Fsp3) is 0.0667. The van der Waals surface area contributed by atoms with Crippen LogP contribution in [-0.4, -0.2) is 20.6 Å². The third-order valence-electron chi connectivity index (χ3n) is 3.21. The van der Waals surface area contributed by atoms with Crippen molar-refractivity contribution in [2.45, 2.75) is 6.54 Å². The number of rotatable bonds is 3. The Morgan fingerprint density at radius 2 is 2.14 bits per heavy atom. The summed E-state index contributed by atoms with van der Waals surface area (Å²) < 4.78 is 14.9. The van der Waals surface area contributed by atoms with Gasteiger partial charge in [0.2, 0.25) is 0 Å². The molecular formula is C15H10ClFN2O2. The maximum atomic E-state index is 13.2. The zero-order valence-electron chi connectivity index (χ0n) is 10.8. The number of carbonyl (C=O) groups is 1. The molecule has 1 aromatic heterocycles. The Bertz CT molecular complexity index is 845. The van der Waals surface area contributed by atoms with Crippen molar-refractivity contribution in [3.8, 4) is 0 Å². The van der Waals surface area contributed by atoms with Crippen molar-refractivity contribution in [3.05, 3.63) is 64.7 Å². The summed E-state index contributed by atoms with van der Waals surface area (Å²) in [7, 11) is 0. The molecule has 0 unspecified atom stereocenters. The van der Waals surface area contributed by atoms with Crippen molar-refractivity contribution in [1.82, 2.24) is 9.55 Å². The first-order valence-electron chi connectivity index (χ1n) is 6.17. The molecule has 3 aromatic rings. The molecule has 4 nitrogen and oxygen atoms in total. The fourth-order valence-corrected chi connectivity index (χ4v) is 2.46. The summed E-state index contributed by atoms with van der Waals surface area (Å²) in [4.78, 5) is 15.5. The summed E-state index contributed by atoms with van der Waals surface area (Å²) in [5.41, 5.74) is 2.08. The zero-order chi connectivity index (χ0) is 15.0. The molecule has 0 spiro atoms. The topological polar surface area (TPSA) is 55.1 Å². The van der Waals surface area contributed by atoms with Crippen LogP contribution in [0.1, 0.15) is 15.9 Å². The minimum absolute atomic E-state index is 0.0374. The fourth-order valence-electron chi connectivity index (χ4n) is 2.25. The molecule has 3 rings (SSSR count). The maximum absolute atomic E-state index is 13.2. The normalized spacial score (nSPS) is 11.0. The molecule has 0 atom stereocenters. The van der Waals surface area contributed by atoms with Gasteiger partial charge in [-0.3, -0.25) is 0 Å². The lowest BCUT2D eigenvalue weighted by molar-refractivity contribution is 0.0698. The van der Waals surface area contributed by atoms with Gasteiger partial charge in [0.1, 0.15) is 5.82 Å². The van der Waals surface area contributed by atoms with Gasteiger partial charge in [0.15, 0.2) is 0 Å². The summed E-state index contributed by atoms with van der Waals surface area (Å²) in [5, 5.41) is 9.30. The standard InChI is InChI=1S/C15H10ClFN2O2/c16-11-6-9(4-5-12(11)17)7-19-8-18-13-3-1-2-10(14(13)19)15(20)21/h1-6,8H,7H2,(H,20,21). The molecule has 0 saturated carbocycles. The van der Waals surface area contributed by atoms with Crippen molar-refractivity contribution in [1.29, 1.82) is 0 Å². The Balaban J connectivity index is 2.08. The van der Waals surface area contributed by atoms with Gasteiger partial charge in [0.25, 0.3) is 0 Å². The molecule has 0 amide bonds. The van der Waals surface area contributed by atoms with E-state index in [0.29, 0.717) is 17.6 Å². The number of fused-ring (bicyclic) bond motifs is 1. The number of imidazole rings is 1. The molecule has 0 aliphatic rings. The number of aromatic carboxylic acids is 1. The summed E-state index contributed by atoms with van der Waals surface area (Å²) in [5.74, 6) is -1.50. The summed E-state index contributed by atoms with van der Waals surface area (Å²) >= 11 is 5.76. The van der Waals surface area contributed by atoms with Gasteiger partial charge < -0.3 is 9.67 Å². The number of hydrogen-bond acceptors (Lipinski definition) is 2. The molecule has 1 heterocycles.